The SMILES string of the molecule is CCC(NCCOC)(C(=O)OC)c1ccc(O)cc1. The van der Waals surface area contributed by atoms with E-state index in [-0.39, 0.29) is 11.7 Å². The molecular weight excluding hydrogens is 246 g/mol. The number of aromatic hydroxyl groups is 1. The Morgan fingerprint density at radius 1 is 1.32 bits per heavy atom. The minimum Gasteiger partial charge on any atom is -0.508 e. The molecule has 5 heteroatoms. The molecule has 1 rings (SSSR count). The van der Waals surface area contributed by atoms with Crippen LogP contribution in [0, 0.1) is 0 Å². The maximum Gasteiger partial charge on any atom is 0.330 e. The molecule has 0 fully saturated rings. The van der Waals surface area contributed by atoms with Crippen molar-refractivity contribution in [1.29, 1.82) is 0 Å². The molecule has 0 aliphatic carbocycles. The molecule has 106 valence electrons. The van der Waals surface area contributed by atoms with E-state index in [9.17, 15) is 9.90 Å². The standard InChI is InChI=1S/C14H21NO4/c1-4-14(13(17)19-3,15-9-10-18-2)11-5-7-12(16)8-6-11/h5-8,15-16H,4,9-10H2,1-3H3. The molecule has 1 unspecified atom stereocenters. The maximum absolute atomic E-state index is 12.2. The molecule has 1 aromatic rings. The van der Waals surface area contributed by atoms with E-state index >= 15 is 0 Å². The quantitative estimate of drug-likeness (QED) is 0.577. The summed E-state index contributed by atoms with van der Waals surface area (Å²) in [4.78, 5) is 12.2. The van der Waals surface area contributed by atoms with E-state index in [4.69, 9.17) is 9.47 Å². The molecule has 0 amide bonds. The highest BCUT2D eigenvalue weighted by molar-refractivity contribution is 5.82. The molecule has 2 N–H and O–H groups in total. The van der Waals surface area contributed by atoms with Crippen molar-refractivity contribution < 1.29 is 19.4 Å². The van der Waals surface area contributed by atoms with Crippen LogP contribution in [0.5, 0.6) is 5.75 Å². The van der Waals surface area contributed by atoms with Gasteiger partial charge in [0.25, 0.3) is 0 Å². The molecule has 0 aromatic heterocycles. The second-order valence-corrected chi connectivity index (χ2v) is 4.22. The van der Waals surface area contributed by atoms with E-state index in [0.717, 1.165) is 5.56 Å². The number of phenolic OH excluding ortho intramolecular Hbond substituents is 1. The lowest BCUT2D eigenvalue weighted by Gasteiger charge is -2.31. The summed E-state index contributed by atoms with van der Waals surface area (Å²) >= 11 is 0. The predicted molar refractivity (Wildman–Crippen MR) is 72.0 cm³/mol. The van der Waals surface area contributed by atoms with Crippen LogP contribution in [-0.2, 0) is 19.8 Å². The summed E-state index contributed by atoms with van der Waals surface area (Å²) in [5.41, 5.74) is -0.156. The number of ether oxygens (including phenoxy) is 2. The van der Waals surface area contributed by atoms with Crippen LogP contribution < -0.4 is 5.32 Å². The largest absolute Gasteiger partial charge is 0.508 e. The lowest BCUT2D eigenvalue weighted by Crippen LogP contribution is -2.50. The van der Waals surface area contributed by atoms with Crippen molar-refractivity contribution in [2.45, 2.75) is 18.9 Å². The van der Waals surface area contributed by atoms with E-state index in [1.165, 1.54) is 7.11 Å². The monoisotopic (exact) mass is 267 g/mol. The lowest BCUT2D eigenvalue weighted by atomic mass is 9.87. The molecule has 0 saturated carbocycles. The van der Waals surface area contributed by atoms with Gasteiger partial charge in [-0.25, -0.2) is 4.79 Å². The average molecular weight is 267 g/mol. The highest BCUT2D eigenvalue weighted by Gasteiger charge is 2.39. The maximum atomic E-state index is 12.2. The molecule has 5 nitrogen and oxygen atoms in total. The lowest BCUT2D eigenvalue weighted by molar-refractivity contribution is -0.149. The predicted octanol–water partition coefficient (Wildman–Crippen LogP) is 1.41. The fourth-order valence-electron chi connectivity index (χ4n) is 2.05. The summed E-state index contributed by atoms with van der Waals surface area (Å²) in [5.74, 6) is -0.188. The Hall–Kier alpha value is -1.59. The Kier molecular flexibility index (Phi) is 5.79. The number of hydrogen-bond donors (Lipinski definition) is 2. The number of methoxy groups -OCH3 is 2. The smallest absolute Gasteiger partial charge is 0.330 e. The first kappa shape index (κ1) is 15.5. The van der Waals surface area contributed by atoms with Crippen LogP contribution in [0.2, 0.25) is 0 Å². The van der Waals surface area contributed by atoms with Crippen LogP contribution in [0.15, 0.2) is 24.3 Å². The van der Waals surface area contributed by atoms with Crippen molar-refractivity contribution in [3.63, 3.8) is 0 Å². The first-order valence-electron chi connectivity index (χ1n) is 6.22. The molecule has 19 heavy (non-hydrogen) atoms. The number of phenols is 1. The van der Waals surface area contributed by atoms with Gasteiger partial charge < -0.3 is 14.6 Å². The van der Waals surface area contributed by atoms with Crippen LogP contribution in [0.1, 0.15) is 18.9 Å². The minimum absolute atomic E-state index is 0.163. The second-order valence-electron chi connectivity index (χ2n) is 4.22. The Morgan fingerprint density at radius 3 is 2.42 bits per heavy atom. The molecule has 1 aromatic carbocycles. The van der Waals surface area contributed by atoms with Gasteiger partial charge in [-0.1, -0.05) is 19.1 Å². The van der Waals surface area contributed by atoms with Crippen LogP contribution in [-0.4, -0.2) is 38.4 Å². The molecule has 0 heterocycles. The Labute approximate surface area is 113 Å². The zero-order valence-electron chi connectivity index (χ0n) is 11.6. The zero-order chi connectivity index (χ0) is 14.3. The van der Waals surface area contributed by atoms with Crippen LogP contribution in [0.25, 0.3) is 0 Å². The highest BCUT2D eigenvalue weighted by Crippen LogP contribution is 2.28. The fraction of sp³-hybridized carbons (Fsp3) is 0.500. The van der Waals surface area contributed by atoms with E-state index < -0.39 is 5.54 Å². The zero-order valence-corrected chi connectivity index (χ0v) is 11.6. The highest BCUT2D eigenvalue weighted by atomic mass is 16.5. The summed E-state index contributed by atoms with van der Waals surface area (Å²) < 4.78 is 9.91. The molecule has 1 atom stereocenters. The minimum atomic E-state index is -0.916. The van der Waals surface area contributed by atoms with E-state index in [1.54, 1.807) is 31.4 Å². The molecular formula is C14H21NO4. The summed E-state index contributed by atoms with van der Waals surface area (Å²) in [6.07, 6.45) is 0.536. The summed E-state index contributed by atoms with van der Waals surface area (Å²) in [7, 11) is 2.97. The van der Waals surface area contributed by atoms with Crippen LogP contribution >= 0.6 is 0 Å². The number of nitrogens with one attached hydrogen (secondary N) is 1. The molecule has 0 aliphatic heterocycles. The third-order valence-electron chi connectivity index (χ3n) is 3.16. The van der Waals surface area contributed by atoms with Crippen molar-refractivity contribution in [3.05, 3.63) is 29.8 Å². The number of hydrogen-bond acceptors (Lipinski definition) is 5. The molecule has 0 bridgehead atoms. The van der Waals surface area contributed by atoms with Gasteiger partial charge in [0.15, 0.2) is 0 Å². The van der Waals surface area contributed by atoms with Crippen molar-refractivity contribution in [2.24, 2.45) is 0 Å². The van der Waals surface area contributed by atoms with Gasteiger partial charge in [0.2, 0.25) is 0 Å². The third-order valence-corrected chi connectivity index (χ3v) is 3.16. The van der Waals surface area contributed by atoms with Crippen molar-refractivity contribution in [3.8, 4) is 5.75 Å². The number of esters is 1. The first-order chi connectivity index (χ1) is 9.10. The fourth-order valence-corrected chi connectivity index (χ4v) is 2.05. The summed E-state index contributed by atoms with van der Waals surface area (Å²) in [6.45, 7) is 2.93. The third kappa shape index (κ3) is 3.45. The number of carbonyl (C=O) groups is 1. The number of rotatable bonds is 7. The van der Waals surface area contributed by atoms with Gasteiger partial charge >= 0.3 is 5.97 Å². The normalized spacial score (nSPS) is 13.8. The van der Waals surface area contributed by atoms with Crippen molar-refractivity contribution in [1.82, 2.24) is 5.32 Å². The van der Waals surface area contributed by atoms with Gasteiger partial charge in [0.05, 0.1) is 13.7 Å². The average Bonchev–Trinajstić information content (AvgIpc) is 2.44. The Bertz CT molecular complexity index is 404. The van der Waals surface area contributed by atoms with Gasteiger partial charge in [-0.15, -0.1) is 0 Å². The summed E-state index contributed by atoms with van der Waals surface area (Å²) in [6, 6.07) is 6.55. The van der Waals surface area contributed by atoms with Crippen molar-refractivity contribution in [2.75, 3.05) is 27.4 Å². The Morgan fingerprint density at radius 2 is 1.95 bits per heavy atom. The Balaban J connectivity index is 3.08. The number of carbonyl (C=O) groups excluding carboxylic acids is 1. The first-order valence-corrected chi connectivity index (χ1v) is 6.22. The van der Waals surface area contributed by atoms with Gasteiger partial charge in [-0.3, -0.25) is 5.32 Å². The topological polar surface area (TPSA) is 67.8 Å². The van der Waals surface area contributed by atoms with Gasteiger partial charge in [0.1, 0.15) is 11.3 Å². The molecule has 0 aliphatic rings. The molecule has 0 radical (unpaired) electrons. The molecule has 0 saturated heterocycles. The van der Waals surface area contributed by atoms with Crippen LogP contribution in [0.3, 0.4) is 0 Å². The van der Waals surface area contributed by atoms with E-state index in [0.29, 0.717) is 19.6 Å². The summed E-state index contributed by atoms with van der Waals surface area (Å²) in [5, 5.41) is 12.5. The van der Waals surface area contributed by atoms with Gasteiger partial charge in [-0.05, 0) is 24.1 Å². The van der Waals surface area contributed by atoms with E-state index in [1.807, 2.05) is 6.92 Å². The van der Waals surface area contributed by atoms with Gasteiger partial charge in [0, 0.05) is 13.7 Å². The molecule has 0 spiro atoms. The van der Waals surface area contributed by atoms with Crippen LogP contribution in [0.4, 0.5) is 0 Å². The van der Waals surface area contributed by atoms with E-state index in [2.05, 4.69) is 5.32 Å². The second kappa shape index (κ2) is 7.11. The van der Waals surface area contributed by atoms with Crippen molar-refractivity contribution >= 4 is 5.97 Å². The van der Waals surface area contributed by atoms with Gasteiger partial charge in [-0.2, -0.15) is 0 Å². The number of benzene rings is 1.